The number of hydrogen-bond acceptors (Lipinski definition) is 3. The zero-order valence-electron chi connectivity index (χ0n) is 16.7. The molecular weight excluding hydrogens is 340 g/mol. The minimum atomic E-state index is -0.341. The fraction of sp³-hybridized carbons (Fsp3) is 0.571. The largest absolute Gasteiger partial charge is 0.353 e. The normalized spacial score (nSPS) is 26.9. The molecule has 2 N–H and O–H groups in total. The molecule has 6 heteroatoms. The van der Waals surface area contributed by atoms with Crippen LogP contribution in [0.25, 0.3) is 5.52 Å². The van der Waals surface area contributed by atoms with Gasteiger partial charge in [-0.1, -0.05) is 27.7 Å². The first-order valence-corrected chi connectivity index (χ1v) is 9.64. The second-order valence-corrected chi connectivity index (χ2v) is 9.27. The van der Waals surface area contributed by atoms with Crippen LogP contribution in [0.5, 0.6) is 0 Å². The minimum absolute atomic E-state index is 0.00856. The van der Waals surface area contributed by atoms with Crippen LogP contribution in [-0.2, 0) is 4.79 Å². The van der Waals surface area contributed by atoms with E-state index in [1.165, 1.54) is 0 Å². The molecule has 2 heterocycles. The van der Waals surface area contributed by atoms with E-state index < -0.39 is 0 Å². The van der Waals surface area contributed by atoms with E-state index in [4.69, 9.17) is 0 Å². The summed E-state index contributed by atoms with van der Waals surface area (Å²) in [5.41, 5.74) is 1.06. The standard InChI is InChI=1S/C21H28N4O2/c1-19(2)20(3,4)21(19,5)18(27)24-14-11-13(12-14)23-17(26)15-7-6-10-25-16(15)8-9-22-25/h6-10,13-14H,11-12H2,1-5H3,(H,23,26)(H,24,27). The van der Waals surface area contributed by atoms with Crippen LogP contribution in [0.3, 0.4) is 0 Å². The Balaban J connectivity index is 1.32. The van der Waals surface area contributed by atoms with Crippen molar-refractivity contribution in [2.45, 2.75) is 59.5 Å². The molecule has 0 radical (unpaired) electrons. The number of carbonyl (C=O) groups excluding carboxylic acids is 2. The third-order valence-electron chi connectivity index (χ3n) is 7.94. The van der Waals surface area contributed by atoms with Crippen molar-refractivity contribution < 1.29 is 9.59 Å². The van der Waals surface area contributed by atoms with Gasteiger partial charge in [-0.05, 0) is 48.8 Å². The van der Waals surface area contributed by atoms with Gasteiger partial charge < -0.3 is 10.6 Å². The van der Waals surface area contributed by atoms with Gasteiger partial charge >= 0.3 is 0 Å². The Kier molecular flexibility index (Phi) is 3.71. The molecule has 0 aliphatic heterocycles. The maximum absolute atomic E-state index is 12.8. The summed E-state index contributed by atoms with van der Waals surface area (Å²) in [7, 11) is 0. The number of hydrogen-bond donors (Lipinski definition) is 2. The first kappa shape index (κ1) is 18.0. The molecule has 0 aromatic carbocycles. The van der Waals surface area contributed by atoms with Gasteiger partial charge in [0.1, 0.15) is 0 Å². The number of carbonyl (C=O) groups is 2. The van der Waals surface area contributed by atoms with E-state index in [-0.39, 0.29) is 40.1 Å². The summed E-state index contributed by atoms with van der Waals surface area (Å²) in [5.74, 6) is 0.0450. The number of amides is 2. The molecule has 2 aliphatic rings. The molecule has 2 fully saturated rings. The molecule has 0 atom stereocenters. The number of rotatable bonds is 4. The van der Waals surface area contributed by atoms with Crippen LogP contribution in [0.15, 0.2) is 30.6 Å². The SMILES string of the molecule is CC1(C)C(C)(C)C1(C)C(=O)NC1CC(NC(=O)c2cccn3nccc23)C1. The Morgan fingerprint density at radius 3 is 2.30 bits per heavy atom. The zero-order valence-corrected chi connectivity index (χ0v) is 16.7. The zero-order chi connectivity index (χ0) is 19.6. The molecule has 2 aromatic rings. The highest BCUT2D eigenvalue weighted by Gasteiger charge is 2.78. The number of fused-ring (bicyclic) bond motifs is 1. The third kappa shape index (κ3) is 2.35. The van der Waals surface area contributed by atoms with Gasteiger partial charge in [0.25, 0.3) is 5.91 Å². The van der Waals surface area contributed by atoms with E-state index in [1.807, 2.05) is 24.4 Å². The molecule has 2 aromatic heterocycles. The first-order valence-electron chi connectivity index (χ1n) is 9.64. The van der Waals surface area contributed by atoms with E-state index in [1.54, 1.807) is 10.7 Å². The summed E-state index contributed by atoms with van der Waals surface area (Å²) in [4.78, 5) is 25.4. The fourth-order valence-corrected chi connectivity index (χ4v) is 4.75. The molecule has 27 heavy (non-hydrogen) atoms. The fourth-order valence-electron chi connectivity index (χ4n) is 4.75. The Morgan fingerprint density at radius 1 is 1.04 bits per heavy atom. The van der Waals surface area contributed by atoms with Crippen molar-refractivity contribution in [3.05, 3.63) is 36.2 Å². The maximum atomic E-state index is 12.8. The van der Waals surface area contributed by atoms with Gasteiger partial charge in [0.05, 0.1) is 22.7 Å². The summed E-state index contributed by atoms with van der Waals surface area (Å²) in [6, 6.07) is 5.69. The van der Waals surface area contributed by atoms with E-state index in [0.717, 1.165) is 18.4 Å². The highest BCUT2D eigenvalue weighted by Crippen LogP contribution is 2.77. The van der Waals surface area contributed by atoms with Crippen LogP contribution in [-0.4, -0.2) is 33.5 Å². The van der Waals surface area contributed by atoms with Gasteiger partial charge in [-0.25, -0.2) is 4.52 Å². The summed E-state index contributed by atoms with van der Waals surface area (Å²) >= 11 is 0. The lowest BCUT2D eigenvalue weighted by atomic mass is 9.85. The molecule has 144 valence electrons. The van der Waals surface area contributed by atoms with Crippen molar-refractivity contribution in [1.29, 1.82) is 0 Å². The summed E-state index contributed by atoms with van der Waals surface area (Å²) < 4.78 is 1.69. The van der Waals surface area contributed by atoms with Gasteiger partial charge in [-0.2, -0.15) is 5.10 Å². The molecule has 0 spiro atoms. The monoisotopic (exact) mass is 368 g/mol. The molecule has 0 unspecified atom stereocenters. The lowest BCUT2D eigenvalue weighted by molar-refractivity contribution is -0.129. The van der Waals surface area contributed by atoms with E-state index in [0.29, 0.717) is 5.56 Å². The Labute approximate surface area is 159 Å². The van der Waals surface area contributed by atoms with Crippen molar-refractivity contribution in [3.63, 3.8) is 0 Å². The third-order valence-corrected chi connectivity index (χ3v) is 7.94. The molecule has 2 amide bonds. The van der Waals surface area contributed by atoms with Crippen molar-refractivity contribution >= 4 is 17.3 Å². The highest BCUT2D eigenvalue weighted by atomic mass is 16.2. The van der Waals surface area contributed by atoms with Crippen LogP contribution < -0.4 is 10.6 Å². The van der Waals surface area contributed by atoms with Gasteiger partial charge in [0, 0.05) is 18.3 Å². The highest BCUT2D eigenvalue weighted by molar-refractivity contribution is 6.00. The first-order chi connectivity index (χ1) is 12.6. The number of nitrogens with zero attached hydrogens (tertiary/aromatic N) is 2. The average molecular weight is 368 g/mol. The van der Waals surface area contributed by atoms with Crippen LogP contribution in [0.2, 0.25) is 0 Å². The van der Waals surface area contributed by atoms with Gasteiger partial charge in [0.2, 0.25) is 5.91 Å². The molecule has 6 nitrogen and oxygen atoms in total. The Bertz CT molecular complexity index is 907. The summed E-state index contributed by atoms with van der Waals surface area (Å²) in [6.07, 6.45) is 5.05. The minimum Gasteiger partial charge on any atom is -0.353 e. The second-order valence-electron chi connectivity index (χ2n) is 9.27. The van der Waals surface area contributed by atoms with Crippen LogP contribution in [0.1, 0.15) is 57.8 Å². The van der Waals surface area contributed by atoms with Crippen molar-refractivity contribution in [2.24, 2.45) is 16.2 Å². The summed E-state index contributed by atoms with van der Waals surface area (Å²) in [5, 5.41) is 10.4. The van der Waals surface area contributed by atoms with Crippen molar-refractivity contribution in [2.75, 3.05) is 0 Å². The molecule has 4 rings (SSSR count). The predicted octanol–water partition coefficient (Wildman–Crippen LogP) is 2.78. The quantitative estimate of drug-likeness (QED) is 0.871. The smallest absolute Gasteiger partial charge is 0.253 e. The molecule has 2 aliphatic carbocycles. The van der Waals surface area contributed by atoms with Crippen molar-refractivity contribution in [1.82, 2.24) is 20.2 Å². The predicted molar refractivity (Wildman–Crippen MR) is 103 cm³/mol. The maximum Gasteiger partial charge on any atom is 0.253 e. The molecule has 0 bridgehead atoms. The van der Waals surface area contributed by atoms with Crippen LogP contribution in [0.4, 0.5) is 0 Å². The molecule has 2 saturated carbocycles. The van der Waals surface area contributed by atoms with Crippen molar-refractivity contribution in [3.8, 4) is 0 Å². The average Bonchev–Trinajstić information content (AvgIpc) is 2.94. The Morgan fingerprint density at radius 2 is 1.67 bits per heavy atom. The van der Waals surface area contributed by atoms with Crippen LogP contribution in [0, 0.1) is 16.2 Å². The van der Waals surface area contributed by atoms with E-state index >= 15 is 0 Å². The summed E-state index contributed by atoms with van der Waals surface area (Å²) in [6.45, 7) is 10.7. The number of nitrogens with one attached hydrogen (secondary N) is 2. The van der Waals surface area contributed by atoms with Gasteiger partial charge in [-0.15, -0.1) is 0 Å². The topological polar surface area (TPSA) is 75.5 Å². The lowest BCUT2D eigenvalue weighted by Gasteiger charge is -2.37. The van der Waals surface area contributed by atoms with Gasteiger partial charge in [-0.3, -0.25) is 9.59 Å². The van der Waals surface area contributed by atoms with E-state index in [9.17, 15) is 9.59 Å². The number of aromatic nitrogens is 2. The van der Waals surface area contributed by atoms with E-state index in [2.05, 4.69) is 50.4 Å². The Hall–Kier alpha value is -2.37. The molecular formula is C21H28N4O2. The lowest BCUT2D eigenvalue weighted by Crippen LogP contribution is -2.55. The number of pyridine rings is 1. The van der Waals surface area contributed by atoms with Gasteiger partial charge in [0.15, 0.2) is 0 Å². The van der Waals surface area contributed by atoms with Crippen LogP contribution >= 0.6 is 0 Å². The second kappa shape index (κ2) is 5.57. The molecule has 0 saturated heterocycles.